The third-order valence-electron chi connectivity index (χ3n) is 5.67. The van der Waals surface area contributed by atoms with Crippen LogP contribution in [0.1, 0.15) is 52.6 Å². The molecular formula is C29H26N2O6S. The van der Waals surface area contributed by atoms with Crippen molar-refractivity contribution in [1.29, 1.82) is 0 Å². The largest absolute Gasteiger partial charge is 0.491 e. The zero-order chi connectivity index (χ0) is 27.2. The van der Waals surface area contributed by atoms with Crippen LogP contribution in [-0.4, -0.2) is 44.3 Å². The van der Waals surface area contributed by atoms with Crippen LogP contribution in [0, 0.1) is 0 Å². The fourth-order valence-electron chi connectivity index (χ4n) is 3.96. The maximum absolute atomic E-state index is 13.8. The van der Waals surface area contributed by atoms with E-state index in [0.717, 1.165) is 11.7 Å². The Morgan fingerprint density at radius 3 is 2.13 bits per heavy atom. The molecule has 0 unspecified atom stereocenters. The summed E-state index contributed by atoms with van der Waals surface area (Å²) in [6.45, 7) is 5.79. The van der Waals surface area contributed by atoms with Crippen molar-refractivity contribution in [3.8, 4) is 5.75 Å². The number of Topliss-reactive ketones (excluding diaryl/α,β-unsaturated/α-hetero) is 1. The maximum atomic E-state index is 13.8. The van der Waals surface area contributed by atoms with Gasteiger partial charge in [0, 0.05) is 17.6 Å². The number of hydrogen-bond acceptors (Lipinski definition) is 8. The van der Waals surface area contributed by atoms with Crippen LogP contribution in [-0.2, 0) is 16.0 Å². The zero-order valence-corrected chi connectivity index (χ0v) is 22.0. The average Bonchev–Trinajstić information content (AvgIpc) is 3.36. The second-order valence-electron chi connectivity index (χ2n) is 8.74. The molecular weight excluding hydrogens is 504 g/mol. The lowest BCUT2D eigenvalue weighted by molar-refractivity contribution is -0.130. The van der Waals surface area contributed by atoms with Gasteiger partial charge in [-0.1, -0.05) is 18.2 Å². The van der Waals surface area contributed by atoms with Gasteiger partial charge >= 0.3 is 11.9 Å². The molecule has 8 nitrogen and oxygen atoms in total. The number of carbonyl (C=O) groups is 3. The highest BCUT2D eigenvalue weighted by Crippen LogP contribution is 2.28. The van der Waals surface area contributed by atoms with E-state index in [1.165, 1.54) is 0 Å². The number of hydrogen-bond donors (Lipinski definition) is 1. The molecule has 1 heterocycles. The minimum absolute atomic E-state index is 0.0289. The number of nitrogens with zero attached hydrogens (tertiary/aromatic N) is 2. The molecule has 0 saturated carbocycles. The Hall–Kier alpha value is -4.37. The molecule has 0 bridgehead atoms. The third-order valence-corrected chi connectivity index (χ3v) is 6.22. The predicted octanol–water partition coefficient (Wildman–Crippen LogP) is 5.62. The Morgan fingerprint density at radius 1 is 0.868 bits per heavy atom. The Labute approximate surface area is 223 Å². The van der Waals surface area contributed by atoms with E-state index >= 15 is 0 Å². The molecule has 0 fully saturated rings. The smallest absolute Gasteiger partial charge is 0.338 e. The molecule has 1 N–H and O–H groups in total. The van der Waals surface area contributed by atoms with Crippen molar-refractivity contribution in [2.45, 2.75) is 33.3 Å². The van der Waals surface area contributed by atoms with Crippen molar-refractivity contribution in [2.75, 3.05) is 6.61 Å². The van der Waals surface area contributed by atoms with E-state index in [1.54, 1.807) is 73.7 Å². The van der Waals surface area contributed by atoms with Gasteiger partial charge in [0.05, 0.1) is 35.6 Å². The lowest BCUT2D eigenvalue weighted by Crippen LogP contribution is -2.14. The number of esters is 1. The van der Waals surface area contributed by atoms with Crippen molar-refractivity contribution < 1.29 is 29.0 Å². The summed E-state index contributed by atoms with van der Waals surface area (Å²) in [7, 11) is 0. The van der Waals surface area contributed by atoms with E-state index in [4.69, 9.17) is 9.47 Å². The maximum Gasteiger partial charge on any atom is 0.338 e. The molecule has 4 aromatic rings. The summed E-state index contributed by atoms with van der Waals surface area (Å²) >= 11 is 1.03. The third kappa shape index (κ3) is 6.12. The van der Waals surface area contributed by atoms with Crippen molar-refractivity contribution in [3.63, 3.8) is 0 Å². The van der Waals surface area contributed by atoms with Gasteiger partial charge in [0.1, 0.15) is 16.8 Å². The summed E-state index contributed by atoms with van der Waals surface area (Å²) in [5.41, 5.74) is 2.88. The predicted molar refractivity (Wildman–Crippen MR) is 145 cm³/mol. The molecule has 38 heavy (non-hydrogen) atoms. The number of fused-ring (bicyclic) bond motifs is 1. The number of carbonyl (C=O) groups excluding carboxylic acids is 2. The van der Waals surface area contributed by atoms with Gasteiger partial charge in [0.2, 0.25) is 0 Å². The Kier molecular flexibility index (Phi) is 8.28. The highest BCUT2D eigenvalue weighted by molar-refractivity contribution is 7.00. The van der Waals surface area contributed by atoms with Crippen LogP contribution in [0.2, 0.25) is 0 Å². The summed E-state index contributed by atoms with van der Waals surface area (Å²) in [6, 6.07) is 18.1. The minimum Gasteiger partial charge on any atom is -0.491 e. The lowest BCUT2D eigenvalue weighted by Gasteiger charge is -2.14. The Bertz CT molecular complexity index is 1500. The lowest BCUT2D eigenvalue weighted by atomic mass is 9.89. The van der Waals surface area contributed by atoms with Crippen molar-refractivity contribution in [2.24, 2.45) is 0 Å². The fourth-order valence-corrected chi connectivity index (χ4v) is 4.47. The van der Waals surface area contributed by atoms with Crippen LogP contribution in [0.25, 0.3) is 16.6 Å². The summed E-state index contributed by atoms with van der Waals surface area (Å²) < 4.78 is 19.1. The van der Waals surface area contributed by atoms with Crippen LogP contribution < -0.4 is 4.74 Å². The molecule has 0 saturated heterocycles. The van der Waals surface area contributed by atoms with Crippen LogP contribution in [0.4, 0.5) is 0 Å². The van der Waals surface area contributed by atoms with Gasteiger partial charge in [0.15, 0.2) is 5.78 Å². The summed E-state index contributed by atoms with van der Waals surface area (Å²) in [5.74, 6) is -1.51. The molecule has 3 aromatic carbocycles. The second kappa shape index (κ2) is 11.8. The zero-order valence-electron chi connectivity index (χ0n) is 21.1. The van der Waals surface area contributed by atoms with Gasteiger partial charge in [-0.05, 0) is 80.4 Å². The summed E-state index contributed by atoms with van der Waals surface area (Å²) in [6.07, 6.45) is -0.000393. The van der Waals surface area contributed by atoms with Crippen molar-refractivity contribution in [1.82, 2.24) is 8.75 Å². The van der Waals surface area contributed by atoms with Crippen LogP contribution in [0.3, 0.4) is 0 Å². The standard InChI is InChI=1S/C29H26N2O6S/c1-4-36-29(35)20-7-5-18(6-8-20)15-23(27(32)19-9-12-22(13-10-19)37-17(2)3)26(28(33)34)21-11-14-24-25(16-21)31-38-30-24/h5-14,16-17H,4,15H2,1-3H3,(H,33,34)/b26-23+. The molecule has 0 radical (unpaired) electrons. The van der Waals surface area contributed by atoms with E-state index < -0.39 is 17.7 Å². The Morgan fingerprint density at radius 2 is 1.50 bits per heavy atom. The van der Waals surface area contributed by atoms with E-state index in [0.29, 0.717) is 39.0 Å². The molecule has 0 spiro atoms. The number of aromatic nitrogens is 2. The Balaban J connectivity index is 1.79. The number of ketones is 1. The molecule has 194 valence electrons. The summed E-state index contributed by atoms with van der Waals surface area (Å²) in [4.78, 5) is 38.5. The summed E-state index contributed by atoms with van der Waals surface area (Å²) in [5, 5.41) is 10.3. The molecule has 0 aliphatic heterocycles. The van der Waals surface area contributed by atoms with Gasteiger partial charge in [-0.15, -0.1) is 0 Å². The van der Waals surface area contributed by atoms with Gasteiger partial charge in [-0.25, -0.2) is 9.59 Å². The van der Waals surface area contributed by atoms with Gasteiger partial charge in [-0.2, -0.15) is 8.75 Å². The number of aliphatic carboxylic acids is 1. The first-order valence-corrected chi connectivity index (χ1v) is 12.8. The topological polar surface area (TPSA) is 116 Å². The molecule has 0 amide bonds. The van der Waals surface area contributed by atoms with Crippen molar-refractivity contribution >= 4 is 46.1 Å². The minimum atomic E-state index is -1.24. The molecule has 1 aromatic heterocycles. The number of ether oxygens (including phenoxy) is 2. The molecule has 0 atom stereocenters. The first kappa shape index (κ1) is 26.7. The number of rotatable bonds is 10. The van der Waals surface area contributed by atoms with Gasteiger partial charge < -0.3 is 14.6 Å². The van der Waals surface area contributed by atoms with Crippen LogP contribution in [0.15, 0.2) is 72.3 Å². The fraction of sp³-hybridized carbons (Fsp3) is 0.207. The van der Waals surface area contributed by atoms with E-state index in [9.17, 15) is 19.5 Å². The first-order valence-electron chi connectivity index (χ1n) is 12.0. The van der Waals surface area contributed by atoms with E-state index in [2.05, 4.69) is 8.75 Å². The molecule has 0 aliphatic carbocycles. The average molecular weight is 531 g/mol. The highest BCUT2D eigenvalue weighted by Gasteiger charge is 2.24. The highest BCUT2D eigenvalue weighted by atomic mass is 32.1. The van der Waals surface area contributed by atoms with Crippen molar-refractivity contribution in [3.05, 3.63) is 94.6 Å². The normalized spacial score (nSPS) is 11.8. The second-order valence-corrected chi connectivity index (χ2v) is 9.27. The molecule has 0 aliphatic rings. The van der Waals surface area contributed by atoms with Crippen LogP contribution >= 0.6 is 11.7 Å². The quantitative estimate of drug-likeness (QED) is 0.160. The molecule has 9 heteroatoms. The number of carboxylic acid groups (broad SMARTS) is 1. The van der Waals surface area contributed by atoms with Crippen LogP contribution in [0.5, 0.6) is 5.75 Å². The monoisotopic (exact) mass is 530 g/mol. The van der Waals surface area contributed by atoms with Gasteiger partial charge in [0.25, 0.3) is 0 Å². The SMILES string of the molecule is CCOC(=O)c1ccc(C/C(C(=O)c2ccc(OC(C)C)cc2)=C(\C(=O)O)c2ccc3nsnc3c2)cc1. The number of allylic oxidation sites excluding steroid dienone is 1. The van der Waals surface area contributed by atoms with Gasteiger partial charge in [-0.3, -0.25) is 4.79 Å². The van der Waals surface area contributed by atoms with E-state index in [-0.39, 0.29) is 30.3 Å². The molecule has 4 rings (SSSR count). The number of benzene rings is 3. The first-order chi connectivity index (χ1) is 18.3. The number of carboxylic acids is 1. The van der Waals surface area contributed by atoms with E-state index in [1.807, 2.05) is 13.8 Å².